The van der Waals surface area contributed by atoms with Crippen molar-refractivity contribution in [2.45, 2.75) is 0 Å². The van der Waals surface area contributed by atoms with Crippen molar-refractivity contribution in [1.82, 2.24) is 0 Å². The van der Waals surface area contributed by atoms with E-state index >= 15 is 0 Å². The molecule has 4 aromatic carbocycles. The van der Waals surface area contributed by atoms with Crippen molar-refractivity contribution >= 4 is 32.3 Å². The zero-order chi connectivity index (χ0) is 13.7. The van der Waals surface area contributed by atoms with Crippen LogP contribution in [-0.2, 0) is 0 Å². The lowest BCUT2D eigenvalue weighted by Crippen LogP contribution is -1.82. The Hall–Kier alpha value is -2.74. The lowest BCUT2D eigenvalue weighted by Gasteiger charge is -2.09. The highest BCUT2D eigenvalue weighted by molar-refractivity contribution is 6.19. The predicted octanol–water partition coefficient (Wildman–Crippen LogP) is 4.56. The molecule has 2 nitrogen and oxygen atoms in total. The summed E-state index contributed by atoms with van der Waals surface area (Å²) >= 11 is 0. The monoisotopic (exact) mass is 260 g/mol. The first kappa shape index (κ1) is 11.1. The summed E-state index contributed by atoms with van der Waals surface area (Å²) in [4.78, 5) is 0. The second-order valence-electron chi connectivity index (χ2n) is 4.98. The summed E-state index contributed by atoms with van der Waals surface area (Å²) in [6, 6.07) is 19.6. The molecule has 0 spiro atoms. The summed E-state index contributed by atoms with van der Waals surface area (Å²) in [6.07, 6.45) is 0. The Bertz CT molecular complexity index is 971. The maximum absolute atomic E-state index is 10.2. The molecule has 0 saturated carbocycles. The second kappa shape index (κ2) is 3.87. The molecule has 4 aromatic rings. The summed E-state index contributed by atoms with van der Waals surface area (Å²) < 4.78 is 0. The van der Waals surface area contributed by atoms with Gasteiger partial charge in [0.05, 0.1) is 0 Å². The Balaban J connectivity index is 2.31. The van der Waals surface area contributed by atoms with Gasteiger partial charge in [-0.05, 0) is 33.0 Å². The van der Waals surface area contributed by atoms with Gasteiger partial charge in [0.2, 0.25) is 0 Å². The van der Waals surface area contributed by atoms with E-state index in [1.165, 1.54) is 11.5 Å². The quantitative estimate of drug-likeness (QED) is 0.359. The van der Waals surface area contributed by atoms with Crippen LogP contribution in [0, 0.1) is 0 Å². The van der Waals surface area contributed by atoms with Crippen molar-refractivity contribution in [3.63, 3.8) is 0 Å². The average molecular weight is 260 g/mol. The lowest BCUT2D eigenvalue weighted by molar-refractivity contribution is 0.408. The summed E-state index contributed by atoms with van der Waals surface area (Å²) in [6.45, 7) is 0. The number of phenolic OH excluding ortho intramolecular Hbond substituents is 2. The van der Waals surface area contributed by atoms with Gasteiger partial charge in [0, 0.05) is 5.39 Å². The fourth-order valence-electron chi connectivity index (χ4n) is 2.88. The van der Waals surface area contributed by atoms with E-state index in [2.05, 4.69) is 18.2 Å². The van der Waals surface area contributed by atoms with Gasteiger partial charge in [0.1, 0.15) is 0 Å². The van der Waals surface area contributed by atoms with Crippen LogP contribution in [0.15, 0.2) is 60.7 Å². The summed E-state index contributed by atoms with van der Waals surface area (Å²) in [5.74, 6) is -0.137. The fraction of sp³-hybridized carbons (Fsp3) is 0. The minimum absolute atomic E-state index is 0.0524. The summed E-state index contributed by atoms with van der Waals surface area (Å²) in [5.41, 5.74) is 0. The molecule has 20 heavy (non-hydrogen) atoms. The SMILES string of the molecule is Oc1ccc2ccc3c4ccccc4ccc3c2c1O. The number of fused-ring (bicyclic) bond motifs is 5. The van der Waals surface area contributed by atoms with E-state index in [4.69, 9.17) is 0 Å². The molecule has 4 rings (SSSR count). The van der Waals surface area contributed by atoms with Crippen LogP contribution < -0.4 is 0 Å². The molecule has 2 N–H and O–H groups in total. The van der Waals surface area contributed by atoms with Crippen LogP contribution >= 0.6 is 0 Å². The van der Waals surface area contributed by atoms with E-state index in [-0.39, 0.29) is 11.5 Å². The summed E-state index contributed by atoms with van der Waals surface area (Å²) in [7, 11) is 0. The first-order valence-corrected chi connectivity index (χ1v) is 6.51. The molecule has 0 heterocycles. The molecule has 0 aliphatic carbocycles. The van der Waals surface area contributed by atoms with Crippen molar-refractivity contribution in [3.05, 3.63) is 60.7 Å². The first-order chi connectivity index (χ1) is 9.75. The van der Waals surface area contributed by atoms with Gasteiger partial charge in [-0.25, -0.2) is 0 Å². The molecule has 0 saturated heterocycles. The third-order valence-electron chi connectivity index (χ3n) is 3.86. The van der Waals surface area contributed by atoms with Crippen LogP contribution in [-0.4, -0.2) is 10.2 Å². The number of phenols is 2. The minimum Gasteiger partial charge on any atom is -0.504 e. The molecule has 0 aliphatic heterocycles. The van der Waals surface area contributed by atoms with Crippen LogP contribution in [0.5, 0.6) is 11.5 Å². The zero-order valence-corrected chi connectivity index (χ0v) is 10.7. The van der Waals surface area contributed by atoms with Crippen molar-refractivity contribution < 1.29 is 10.2 Å². The highest BCUT2D eigenvalue weighted by Gasteiger charge is 2.10. The molecular formula is C18H12O2. The molecule has 0 bridgehead atoms. The normalized spacial score (nSPS) is 11.4. The third-order valence-corrected chi connectivity index (χ3v) is 3.86. The molecule has 0 atom stereocenters. The van der Waals surface area contributed by atoms with Crippen LogP contribution in [0.2, 0.25) is 0 Å². The fourth-order valence-corrected chi connectivity index (χ4v) is 2.88. The predicted molar refractivity (Wildman–Crippen MR) is 82.3 cm³/mol. The second-order valence-corrected chi connectivity index (χ2v) is 4.98. The van der Waals surface area contributed by atoms with Crippen LogP contribution in [0.1, 0.15) is 0 Å². The van der Waals surface area contributed by atoms with Gasteiger partial charge < -0.3 is 10.2 Å². The lowest BCUT2D eigenvalue weighted by atomic mass is 9.96. The maximum atomic E-state index is 10.2. The number of rotatable bonds is 0. The molecule has 0 radical (unpaired) electrons. The van der Waals surface area contributed by atoms with E-state index in [9.17, 15) is 10.2 Å². The zero-order valence-electron chi connectivity index (χ0n) is 10.7. The molecule has 0 amide bonds. The van der Waals surface area contributed by atoms with E-state index in [0.717, 1.165) is 21.5 Å². The Morgan fingerprint density at radius 2 is 1.25 bits per heavy atom. The van der Waals surface area contributed by atoms with Gasteiger partial charge in [-0.3, -0.25) is 0 Å². The van der Waals surface area contributed by atoms with E-state index in [1.807, 2.05) is 36.4 Å². The Morgan fingerprint density at radius 1 is 0.550 bits per heavy atom. The topological polar surface area (TPSA) is 40.5 Å². The first-order valence-electron chi connectivity index (χ1n) is 6.51. The molecule has 0 fully saturated rings. The van der Waals surface area contributed by atoms with Gasteiger partial charge in [0.25, 0.3) is 0 Å². The largest absolute Gasteiger partial charge is 0.504 e. The van der Waals surface area contributed by atoms with Gasteiger partial charge in [-0.2, -0.15) is 0 Å². The average Bonchev–Trinajstić information content (AvgIpc) is 2.50. The van der Waals surface area contributed by atoms with Gasteiger partial charge in [-0.15, -0.1) is 0 Å². The molecule has 2 heteroatoms. The van der Waals surface area contributed by atoms with E-state index < -0.39 is 0 Å². The summed E-state index contributed by atoms with van der Waals surface area (Å²) in [5, 5.41) is 25.9. The molecule has 0 aliphatic rings. The van der Waals surface area contributed by atoms with Gasteiger partial charge >= 0.3 is 0 Å². The van der Waals surface area contributed by atoms with Crippen LogP contribution in [0.3, 0.4) is 0 Å². The molecule has 0 aromatic heterocycles. The minimum atomic E-state index is -0.0850. The van der Waals surface area contributed by atoms with Crippen molar-refractivity contribution in [2.75, 3.05) is 0 Å². The van der Waals surface area contributed by atoms with Crippen LogP contribution in [0.25, 0.3) is 32.3 Å². The van der Waals surface area contributed by atoms with E-state index in [1.54, 1.807) is 0 Å². The smallest absolute Gasteiger partial charge is 0.166 e. The number of hydrogen-bond donors (Lipinski definition) is 2. The number of hydrogen-bond acceptors (Lipinski definition) is 2. The molecule has 0 unspecified atom stereocenters. The Labute approximate surface area is 115 Å². The third kappa shape index (κ3) is 1.39. The Kier molecular flexibility index (Phi) is 2.15. The van der Waals surface area contributed by atoms with Crippen LogP contribution in [0.4, 0.5) is 0 Å². The highest BCUT2D eigenvalue weighted by Crippen LogP contribution is 2.39. The van der Waals surface area contributed by atoms with Gasteiger partial charge in [-0.1, -0.05) is 54.6 Å². The van der Waals surface area contributed by atoms with E-state index in [0.29, 0.717) is 5.39 Å². The van der Waals surface area contributed by atoms with Crippen molar-refractivity contribution in [1.29, 1.82) is 0 Å². The standard InChI is InChI=1S/C18H12O2/c19-16-10-7-12-6-8-14-13-4-2-1-3-11(13)5-9-15(14)17(12)18(16)20/h1-10,19-20H. The number of aromatic hydroxyl groups is 2. The number of benzene rings is 4. The van der Waals surface area contributed by atoms with Crippen molar-refractivity contribution in [3.8, 4) is 11.5 Å². The maximum Gasteiger partial charge on any atom is 0.166 e. The Morgan fingerprint density at radius 3 is 2.15 bits per heavy atom. The van der Waals surface area contributed by atoms with Gasteiger partial charge in [0.15, 0.2) is 11.5 Å². The molecule has 96 valence electrons. The highest BCUT2D eigenvalue weighted by atomic mass is 16.3. The molecular weight excluding hydrogens is 248 g/mol. The van der Waals surface area contributed by atoms with Crippen molar-refractivity contribution in [2.24, 2.45) is 0 Å².